The summed E-state index contributed by atoms with van der Waals surface area (Å²) in [6.07, 6.45) is -3.03. The highest BCUT2D eigenvalue weighted by Gasteiger charge is 2.46. The van der Waals surface area contributed by atoms with Crippen LogP contribution in [0.2, 0.25) is 0 Å². The Kier molecular flexibility index (Phi) is 5.95. The smallest absolute Gasteiger partial charge is 0.212 e. The first-order chi connectivity index (χ1) is 8.65. The minimum atomic E-state index is -4.36. The summed E-state index contributed by atoms with van der Waals surface area (Å²) in [6.45, 7) is 1.65. The molecular formula is C11H19ClF3NO2S. The molecule has 19 heavy (non-hydrogen) atoms. The van der Waals surface area contributed by atoms with Gasteiger partial charge in [0.25, 0.3) is 0 Å². The molecule has 1 N–H and O–H groups in total. The Morgan fingerprint density at radius 3 is 2.42 bits per heavy atom. The van der Waals surface area contributed by atoms with Crippen molar-refractivity contribution >= 4 is 21.6 Å². The van der Waals surface area contributed by atoms with Gasteiger partial charge in [0.2, 0.25) is 10.0 Å². The number of rotatable bonds is 5. The van der Waals surface area contributed by atoms with Crippen LogP contribution in [0.3, 0.4) is 0 Å². The molecule has 0 aliphatic heterocycles. The second-order valence-corrected chi connectivity index (χ2v) is 7.30. The van der Waals surface area contributed by atoms with Crippen molar-refractivity contribution in [3.8, 4) is 0 Å². The fourth-order valence-corrected chi connectivity index (χ4v) is 4.31. The largest absolute Gasteiger partial charge is 0.393 e. The van der Waals surface area contributed by atoms with Crippen molar-refractivity contribution in [1.82, 2.24) is 4.72 Å². The van der Waals surface area contributed by atoms with E-state index in [2.05, 4.69) is 4.72 Å². The molecule has 1 fully saturated rings. The zero-order valence-electron chi connectivity index (χ0n) is 10.7. The molecule has 0 heterocycles. The van der Waals surface area contributed by atoms with Crippen LogP contribution < -0.4 is 4.72 Å². The molecule has 114 valence electrons. The summed E-state index contributed by atoms with van der Waals surface area (Å²) < 4.78 is 64.3. The van der Waals surface area contributed by atoms with Gasteiger partial charge in [0.15, 0.2) is 0 Å². The summed E-state index contributed by atoms with van der Waals surface area (Å²) in [5, 5.41) is 0. The van der Waals surface area contributed by atoms with Crippen LogP contribution in [-0.2, 0) is 10.0 Å². The number of alkyl halides is 4. The summed E-state index contributed by atoms with van der Waals surface area (Å²) in [4.78, 5) is 0. The molecule has 0 aromatic heterocycles. The van der Waals surface area contributed by atoms with Crippen molar-refractivity contribution in [2.75, 3.05) is 11.6 Å². The lowest BCUT2D eigenvalue weighted by molar-refractivity contribution is -0.187. The molecule has 8 heteroatoms. The predicted octanol–water partition coefficient (Wildman–Crippen LogP) is 2.90. The number of hydrogen-bond donors (Lipinski definition) is 1. The van der Waals surface area contributed by atoms with Crippen LogP contribution in [0, 0.1) is 11.8 Å². The van der Waals surface area contributed by atoms with Gasteiger partial charge in [0.1, 0.15) is 0 Å². The zero-order chi connectivity index (χ0) is 14.7. The Balaban J connectivity index is 2.72. The third-order valence-corrected chi connectivity index (χ3v) is 5.48. The van der Waals surface area contributed by atoms with E-state index >= 15 is 0 Å². The lowest BCUT2D eigenvalue weighted by Crippen LogP contribution is -2.48. The number of nitrogens with one attached hydrogen (secondary N) is 1. The van der Waals surface area contributed by atoms with E-state index < -0.39 is 28.2 Å². The van der Waals surface area contributed by atoms with E-state index in [9.17, 15) is 21.6 Å². The fraction of sp³-hybridized carbons (Fsp3) is 1.00. The van der Waals surface area contributed by atoms with Crippen LogP contribution in [0.25, 0.3) is 0 Å². The average Bonchev–Trinajstić information content (AvgIpc) is 2.26. The van der Waals surface area contributed by atoms with E-state index in [4.69, 9.17) is 11.6 Å². The van der Waals surface area contributed by atoms with Crippen LogP contribution in [-0.4, -0.2) is 32.3 Å². The van der Waals surface area contributed by atoms with Gasteiger partial charge < -0.3 is 0 Å². The second kappa shape index (κ2) is 6.63. The SMILES string of the molecule is CC(CCl)CS(=O)(=O)NC1CCCCC1C(F)(F)F. The summed E-state index contributed by atoms with van der Waals surface area (Å²) >= 11 is 5.53. The molecule has 0 aromatic rings. The normalized spacial score (nSPS) is 27.2. The first kappa shape index (κ1) is 17.0. The Hall–Kier alpha value is -0.0100. The Bertz CT molecular complexity index is 386. The van der Waals surface area contributed by atoms with Crippen molar-refractivity contribution in [3.63, 3.8) is 0 Å². The summed E-state index contributed by atoms with van der Waals surface area (Å²) in [6, 6.07) is -1.04. The first-order valence-electron chi connectivity index (χ1n) is 6.28. The van der Waals surface area contributed by atoms with E-state index in [0.717, 1.165) is 0 Å². The van der Waals surface area contributed by atoms with E-state index in [-0.39, 0.29) is 30.4 Å². The minimum Gasteiger partial charge on any atom is -0.212 e. The van der Waals surface area contributed by atoms with Crippen LogP contribution in [0.4, 0.5) is 13.2 Å². The second-order valence-electron chi connectivity index (χ2n) is 5.20. The van der Waals surface area contributed by atoms with Gasteiger partial charge in [-0.3, -0.25) is 0 Å². The van der Waals surface area contributed by atoms with E-state index in [1.165, 1.54) is 0 Å². The molecule has 0 aromatic carbocycles. The maximum atomic E-state index is 12.8. The molecule has 3 atom stereocenters. The van der Waals surface area contributed by atoms with Gasteiger partial charge in [-0.25, -0.2) is 13.1 Å². The Morgan fingerprint density at radius 2 is 1.89 bits per heavy atom. The van der Waals surface area contributed by atoms with Crippen molar-refractivity contribution in [2.45, 2.75) is 44.8 Å². The van der Waals surface area contributed by atoms with Gasteiger partial charge in [-0.15, -0.1) is 11.6 Å². The quantitative estimate of drug-likeness (QED) is 0.791. The van der Waals surface area contributed by atoms with E-state index in [0.29, 0.717) is 12.8 Å². The predicted molar refractivity (Wildman–Crippen MR) is 68.6 cm³/mol. The third kappa shape index (κ3) is 5.47. The van der Waals surface area contributed by atoms with Crippen molar-refractivity contribution in [3.05, 3.63) is 0 Å². The highest BCUT2D eigenvalue weighted by Crippen LogP contribution is 2.38. The minimum absolute atomic E-state index is 0.0122. The highest BCUT2D eigenvalue weighted by atomic mass is 35.5. The molecule has 0 saturated heterocycles. The molecule has 0 spiro atoms. The molecule has 1 rings (SSSR count). The van der Waals surface area contributed by atoms with Gasteiger partial charge >= 0.3 is 6.18 Å². The molecule has 0 bridgehead atoms. The Labute approximate surface area is 116 Å². The van der Waals surface area contributed by atoms with Crippen LogP contribution >= 0.6 is 11.6 Å². The van der Waals surface area contributed by atoms with Crippen LogP contribution in [0.15, 0.2) is 0 Å². The van der Waals surface area contributed by atoms with Crippen molar-refractivity contribution in [1.29, 1.82) is 0 Å². The highest BCUT2D eigenvalue weighted by molar-refractivity contribution is 7.89. The van der Waals surface area contributed by atoms with Gasteiger partial charge in [-0.2, -0.15) is 13.2 Å². The number of sulfonamides is 1. The van der Waals surface area contributed by atoms with Gasteiger partial charge in [-0.1, -0.05) is 19.8 Å². The zero-order valence-corrected chi connectivity index (χ0v) is 12.3. The Morgan fingerprint density at radius 1 is 1.32 bits per heavy atom. The van der Waals surface area contributed by atoms with Crippen LogP contribution in [0.5, 0.6) is 0 Å². The number of hydrogen-bond acceptors (Lipinski definition) is 2. The van der Waals surface area contributed by atoms with E-state index in [1.807, 2.05) is 0 Å². The molecular weight excluding hydrogens is 303 g/mol. The maximum absolute atomic E-state index is 12.8. The fourth-order valence-electron chi connectivity index (χ4n) is 2.36. The average molecular weight is 322 g/mol. The molecule has 3 nitrogen and oxygen atoms in total. The first-order valence-corrected chi connectivity index (χ1v) is 8.47. The third-order valence-electron chi connectivity index (χ3n) is 3.28. The maximum Gasteiger partial charge on any atom is 0.393 e. The lowest BCUT2D eigenvalue weighted by atomic mass is 9.85. The van der Waals surface area contributed by atoms with Gasteiger partial charge in [-0.05, 0) is 18.8 Å². The number of halogens is 4. The van der Waals surface area contributed by atoms with Gasteiger partial charge in [0.05, 0.1) is 11.7 Å². The molecule has 1 aliphatic rings. The molecule has 1 saturated carbocycles. The summed E-state index contributed by atoms with van der Waals surface area (Å²) in [5.41, 5.74) is 0. The van der Waals surface area contributed by atoms with Crippen molar-refractivity contribution in [2.24, 2.45) is 11.8 Å². The molecule has 3 unspecified atom stereocenters. The molecule has 1 aliphatic carbocycles. The van der Waals surface area contributed by atoms with Crippen molar-refractivity contribution < 1.29 is 21.6 Å². The van der Waals surface area contributed by atoms with Gasteiger partial charge in [0, 0.05) is 11.9 Å². The summed E-state index contributed by atoms with van der Waals surface area (Å²) in [7, 11) is -3.72. The standard InChI is InChI=1S/C11H19ClF3NO2S/c1-8(6-12)7-19(17,18)16-10-5-3-2-4-9(10)11(13,14)15/h8-10,16H,2-7H2,1H3. The molecule has 0 radical (unpaired) electrons. The summed E-state index contributed by atoms with van der Waals surface area (Å²) in [5.74, 6) is -1.94. The van der Waals surface area contributed by atoms with Crippen LogP contribution in [0.1, 0.15) is 32.6 Å². The monoisotopic (exact) mass is 321 g/mol. The molecule has 0 amide bonds. The lowest BCUT2D eigenvalue weighted by Gasteiger charge is -2.33. The topological polar surface area (TPSA) is 46.2 Å². The van der Waals surface area contributed by atoms with E-state index in [1.54, 1.807) is 6.92 Å².